The number of carbonyl (C=O) groups is 1. The van der Waals surface area contributed by atoms with E-state index in [0.717, 1.165) is 0 Å². The Kier molecular flexibility index (Phi) is 6.04. The van der Waals surface area contributed by atoms with Gasteiger partial charge in [0.25, 0.3) is 12.3 Å². The number of amides is 1. The van der Waals surface area contributed by atoms with Gasteiger partial charge in [-0.25, -0.2) is 13.8 Å². The van der Waals surface area contributed by atoms with Crippen molar-refractivity contribution in [3.05, 3.63) is 60.2 Å². The maximum atomic E-state index is 14.0. The van der Waals surface area contributed by atoms with Gasteiger partial charge in [0.15, 0.2) is 5.82 Å². The molecule has 0 spiro atoms. The molecule has 11 nitrogen and oxygen atoms in total. The standard InChI is InChI=1S/C24H23F2N9O2/c25-19(26)20-29-16-5-1-2-7-18(16)35(20)24-31-22(30-23(32-24)33-9-11-37-12-10-33)28-15-13-34(14-15)21(36)17-6-3-4-8-27-17/h1-8,15,19H,9-14H2,(H,28,30,31,32). The average molecular weight is 508 g/mol. The summed E-state index contributed by atoms with van der Waals surface area (Å²) in [5, 5.41) is 3.24. The molecule has 1 N–H and O–H groups in total. The van der Waals surface area contributed by atoms with Gasteiger partial charge >= 0.3 is 0 Å². The molecule has 37 heavy (non-hydrogen) atoms. The number of rotatable bonds is 6. The number of pyridine rings is 1. The highest BCUT2D eigenvalue weighted by atomic mass is 19.3. The Labute approximate surface area is 210 Å². The minimum Gasteiger partial charge on any atom is -0.378 e. The summed E-state index contributed by atoms with van der Waals surface area (Å²) in [7, 11) is 0. The second kappa shape index (κ2) is 9.65. The van der Waals surface area contributed by atoms with Gasteiger partial charge in [-0.1, -0.05) is 18.2 Å². The zero-order chi connectivity index (χ0) is 25.4. The summed E-state index contributed by atoms with van der Waals surface area (Å²) in [5.41, 5.74) is 1.27. The van der Waals surface area contributed by atoms with E-state index in [1.807, 2.05) is 4.90 Å². The van der Waals surface area contributed by atoms with Gasteiger partial charge in [0.1, 0.15) is 5.69 Å². The van der Waals surface area contributed by atoms with E-state index in [-0.39, 0.29) is 23.8 Å². The van der Waals surface area contributed by atoms with E-state index in [9.17, 15) is 13.6 Å². The van der Waals surface area contributed by atoms with Crippen molar-refractivity contribution in [3.63, 3.8) is 0 Å². The molecule has 1 amide bonds. The number of hydrogen-bond donors (Lipinski definition) is 1. The molecule has 0 saturated carbocycles. The summed E-state index contributed by atoms with van der Waals surface area (Å²) < 4.78 is 34.7. The van der Waals surface area contributed by atoms with Crippen LogP contribution in [0.5, 0.6) is 0 Å². The topological polar surface area (TPSA) is 114 Å². The van der Waals surface area contributed by atoms with Crippen LogP contribution in [-0.2, 0) is 4.74 Å². The number of anilines is 2. The molecule has 6 rings (SSSR count). The van der Waals surface area contributed by atoms with E-state index in [1.54, 1.807) is 53.6 Å². The Morgan fingerprint density at radius 1 is 0.973 bits per heavy atom. The van der Waals surface area contributed by atoms with Crippen LogP contribution in [-0.4, -0.2) is 85.7 Å². The number of likely N-dealkylation sites (tertiary alicyclic amines) is 1. The minimum atomic E-state index is -2.83. The lowest BCUT2D eigenvalue weighted by Gasteiger charge is -2.39. The minimum absolute atomic E-state index is 0.0451. The first kappa shape index (κ1) is 23.2. The van der Waals surface area contributed by atoms with Gasteiger partial charge in [0.05, 0.1) is 30.3 Å². The summed E-state index contributed by atoms with van der Waals surface area (Å²) in [6, 6.07) is 11.9. The van der Waals surface area contributed by atoms with E-state index >= 15 is 0 Å². The summed E-state index contributed by atoms with van der Waals surface area (Å²) >= 11 is 0. The Bertz CT molecular complexity index is 1420. The van der Waals surface area contributed by atoms with E-state index in [4.69, 9.17) is 4.74 Å². The normalized spacial score (nSPS) is 16.3. The lowest BCUT2D eigenvalue weighted by molar-refractivity contribution is 0.0618. The maximum Gasteiger partial charge on any atom is 0.296 e. The summed E-state index contributed by atoms with van der Waals surface area (Å²) in [4.78, 5) is 38.1. The van der Waals surface area contributed by atoms with Crippen LogP contribution in [0.4, 0.5) is 20.7 Å². The molecule has 190 valence electrons. The number of hydrogen-bond acceptors (Lipinski definition) is 9. The van der Waals surface area contributed by atoms with Gasteiger partial charge in [-0.15, -0.1) is 0 Å². The summed E-state index contributed by atoms with van der Waals surface area (Å²) in [5.74, 6) is 0.0372. The Balaban J connectivity index is 1.31. The van der Waals surface area contributed by atoms with Gasteiger partial charge in [0.2, 0.25) is 17.8 Å². The van der Waals surface area contributed by atoms with Crippen molar-refractivity contribution in [1.29, 1.82) is 0 Å². The molecule has 2 saturated heterocycles. The first-order valence-corrected chi connectivity index (χ1v) is 11.9. The van der Waals surface area contributed by atoms with Crippen molar-refractivity contribution < 1.29 is 18.3 Å². The number of aromatic nitrogens is 6. The van der Waals surface area contributed by atoms with Crippen LogP contribution in [0.3, 0.4) is 0 Å². The molecular weight excluding hydrogens is 484 g/mol. The molecule has 2 fully saturated rings. The van der Waals surface area contributed by atoms with E-state index in [2.05, 4.69) is 30.2 Å². The lowest BCUT2D eigenvalue weighted by Crippen LogP contribution is -2.57. The third-order valence-electron chi connectivity index (χ3n) is 6.27. The lowest BCUT2D eigenvalue weighted by atomic mass is 10.1. The number of carbonyl (C=O) groups excluding carboxylic acids is 1. The van der Waals surface area contributed by atoms with Crippen LogP contribution >= 0.6 is 0 Å². The SMILES string of the molecule is O=C(c1ccccn1)N1CC(Nc2nc(N3CCOCC3)nc(-n3c(C(F)F)nc4ccccc43)n2)C1. The second-order valence-electron chi connectivity index (χ2n) is 8.72. The Morgan fingerprint density at radius 3 is 2.49 bits per heavy atom. The highest BCUT2D eigenvalue weighted by Gasteiger charge is 2.33. The summed E-state index contributed by atoms with van der Waals surface area (Å²) in [6.45, 7) is 3.00. The van der Waals surface area contributed by atoms with Crippen molar-refractivity contribution >= 4 is 28.8 Å². The third-order valence-corrected chi connectivity index (χ3v) is 6.27. The molecular formula is C24H23F2N9O2. The van der Waals surface area contributed by atoms with Gasteiger partial charge in [0, 0.05) is 32.4 Å². The highest BCUT2D eigenvalue weighted by Crippen LogP contribution is 2.28. The monoisotopic (exact) mass is 507 g/mol. The predicted octanol–water partition coefficient (Wildman–Crippen LogP) is 2.32. The number of halogens is 2. The van der Waals surface area contributed by atoms with Crippen LogP contribution in [0.25, 0.3) is 17.0 Å². The number of imidazole rings is 1. The van der Waals surface area contributed by atoms with Crippen molar-refractivity contribution in [3.8, 4) is 5.95 Å². The smallest absolute Gasteiger partial charge is 0.296 e. The molecule has 0 bridgehead atoms. The van der Waals surface area contributed by atoms with Gasteiger partial charge in [-0.2, -0.15) is 15.0 Å². The second-order valence-corrected chi connectivity index (χ2v) is 8.72. The van der Waals surface area contributed by atoms with Crippen LogP contribution < -0.4 is 10.2 Å². The zero-order valence-electron chi connectivity index (χ0n) is 19.7. The molecule has 1 aromatic carbocycles. The van der Waals surface area contributed by atoms with Crippen LogP contribution in [0, 0.1) is 0 Å². The third kappa shape index (κ3) is 4.53. The van der Waals surface area contributed by atoms with Crippen molar-refractivity contribution in [2.24, 2.45) is 0 Å². The molecule has 0 aliphatic carbocycles. The van der Waals surface area contributed by atoms with Gasteiger partial charge in [-0.05, 0) is 24.3 Å². The maximum absolute atomic E-state index is 14.0. The highest BCUT2D eigenvalue weighted by molar-refractivity contribution is 5.93. The van der Waals surface area contributed by atoms with Crippen molar-refractivity contribution in [1.82, 2.24) is 34.4 Å². The molecule has 2 aliphatic rings. The summed E-state index contributed by atoms with van der Waals surface area (Å²) in [6.07, 6.45) is -1.25. The Hall–Kier alpha value is -4.26. The first-order chi connectivity index (χ1) is 18.1. The van der Waals surface area contributed by atoms with Gasteiger partial charge < -0.3 is 19.9 Å². The Morgan fingerprint density at radius 2 is 1.73 bits per heavy atom. The number of fused-ring (bicyclic) bond motifs is 1. The van der Waals surface area contributed by atoms with E-state index in [1.165, 1.54) is 4.57 Å². The number of morpholine rings is 1. The average Bonchev–Trinajstić information content (AvgIpc) is 3.31. The first-order valence-electron chi connectivity index (χ1n) is 11.9. The molecule has 0 radical (unpaired) electrons. The molecule has 0 unspecified atom stereocenters. The molecule has 5 heterocycles. The fourth-order valence-corrected chi connectivity index (χ4v) is 4.39. The number of nitrogens with zero attached hydrogens (tertiary/aromatic N) is 8. The molecule has 13 heteroatoms. The van der Waals surface area contributed by atoms with Gasteiger partial charge in [-0.3, -0.25) is 14.3 Å². The van der Waals surface area contributed by atoms with E-state index in [0.29, 0.717) is 62.1 Å². The quantitative estimate of drug-likeness (QED) is 0.420. The van der Waals surface area contributed by atoms with Crippen molar-refractivity contribution in [2.75, 3.05) is 49.6 Å². The zero-order valence-corrected chi connectivity index (χ0v) is 19.7. The number of nitrogens with one attached hydrogen (secondary N) is 1. The largest absolute Gasteiger partial charge is 0.378 e. The number of para-hydroxylation sites is 2. The van der Waals surface area contributed by atoms with E-state index < -0.39 is 12.2 Å². The number of alkyl halides is 2. The predicted molar refractivity (Wildman–Crippen MR) is 130 cm³/mol. The van der Waals surface area contributed by atoms with Crippen LogP contribution in [0.1, 0.15) is 22.7 Å². The molecule has 3 aromatic heterocycles. The fraction of sp³-hybridized carbons (Fsp3) is 0.333. The van der Waals surface area contributed by atoms with Crippen LogP contribution in [0.2, 0.25) is 0 Å². The number of benzene rings is 1. The fourth-order valence-electron chi connectivity index (χ4n) is 4.39. The molecule has 4 aromatic rings. The molecule has 2 aliphatic heterocycles. The molecule has 0 atom stereocenters. The van der Waals surface area contributed by atoms with Crippen LogP contribution in [0.15, 0.2) is 48.7 Å². The number of ether oxygens (including phenoxy) is 1. The van der Waals surface area contributed by atoms with Crippen molar-refractivity contribution in [2.45, 2.75) is 12.5 Å².